The first-order valence-corrected chi connectivity index (χ1v) is 6.67. The molecule has 0 bridgehead atoms. The number of nitriles is 1. The van der Waals surface area contributed by atoms with Gasteiger partial charge >= 0.3 is 5.97 Å². The lowest BCUT2D eigenvalue weighted by atomic mass is 10.0. The second kappa shape index (κ2) is 5.42. The van der Waals surface area contributed by atoms with Crippen molar-refractivity contribution in [1.82, 2.24) is 10.2 Å². The van der Waals surface area contributed by atoms with Crippen molar-refractivity contribution < 1.29 is 24.2 Å². The number of methoxy groups -OCH3 is 1. The van der Waals surface area contributed by atoms with Crippen molar-refractivity contribution in [2.24, 2.45) is 0 Å². The van der Waals surface area contributed by atoms with E-state index in [9.17, 15) is 14.4 Å². The van der Waals surface area contributed by atoms with Gasteiger partial charge in [-0.1, -0.05) is 0 Å². The number of nitrogens with zero attached hydrogens (tertiary/aromatic N) is 2. The molecule has 1 unspecified atom stereocenters. The van der Waals surface area contributed by atoms with Crippen LogP contribution in [0.25, 0.3) is 0 Å². The van der Waals surface area contributed by atoms with Crippen molar-refractivity contribution in [1.29, 1.82) is 5.26 Å². The second-order valence-electron chi connectivity index (χ2n) is 4.07. The van der Waals surface area contributed by atoms with Crippen LogP contribution in [0.15, 0.2) is 11.5 Å². The number of carbonyl (C=O) groups excluding carboxylic acids is 2. The molecule has 2 amide bonds. The Balaban J connectivity index is 2.17. The van der Waals surface area contributed by atoms with Crippen LogP contribution >= 0.6 is 11.8 Å². The highest BCUT2D eigenvalue weighted by atomic mass is 32.2. The number of β-lactam (4-membered cyclic amide) rings is 1. The van der Waals surface area contributed by atoms with Crippen LogP contribution in [0, 0.1) is 11.3 Å². The molecule has 0 radical (unpaired) electrons. The Morgan fingerprint density at radius 3 is 2.90 bits per heavy atom. The summed E-state index contributed by atoms with van der Waals surface area (Å²) in [4.78, 5) is 35.6. The fourth-order valence-electron chi connectivity index (χ4n) is 2.04. The third-order valence-electron chi connectivity index (χ3n) is 2.94. The summed E-state index contributed by atoms with van der Waals surface area (Å²) in [6, 6.07) is 0.886. The summed E-state index contributed by atoms with van der Waals surface area (Å²) < 4.78 is 4.97. The number of nitrogens with one attached hydrogen (secondary N) is 1. The molecule has 2 heterocycles. The van der Waals surface area contributed by atoms with Crippen LogP contribution in [0.3, 0.4) is 0 Å². The molecule has 0 spiro atoms. The average Bonchev–Trinajstić information content (AvgIpc) is 2.43. The summed E-state index contributed by atoms with van der Waals surface area (Å²) in [5, 5.41) is 19.5. The third-order valence-corrected chi connectivity index (χ3v) is 4.19. The van der Waals surface area contributed by atoms with Crippen molar-refractivity contribution >= 4 is 29.5 Å². The number of carboxylic acid groups (broad SMARTS) is 1. The van der Waals surface area contributed by atoms with Crippen molar-refractivity contribution in [2.45, 2.75) is 17.8 Å². The summed E-state index contributed by atoms with van der Waals surface area (Å²) in [5.74, 6) is -1.79. The van der Waals surface area contributed by atoms with E-state index >= 15 is 0 Å². The fraction of sp³-hybridized carbons (Fsp3) is 0.455. The van der Waals surface area contributed by atoms with E-state index in [2.05, 4.69) is 5.32 Å². The van der Waals surface area contributed by atoms with E-state index in [1.165, 1.54) is 18.9 Å². The number of hydrogen-bond acceptors (Lipinski definition) is 6. The predicted octanol–water partition coefficient (Wildman–Crippen LogP) is -0.757. The fourth-order valence-corrected chi connectivity index (χ4v) is 3.36. The first kappa shape index (κ1) is 14.2. The van der Waals surface area contributed by atoms with Gasteiger partial charge < -0.3 is 15.2 Å². The number of carbonyl (C=O) groups is 3. The zero-order valence-electron chi connectivity index (χ0n) is 10.5. The Morgan fingerprint density at radius 1 is 1.65 bits per heavy atom. The van der Waals surface area contributed by atoms with Gasteiger partial charge in [0.05, 0.1) is 18.9 Å². The van der Waals surface area contributed by atoms with E-state index in [4.69, 9.17) is 15.1 Å². The molecule has 0 aromatic carbocycles. The number of ether oxygens (including phenoxy) is 1. The molecule has 1 fully saturated rings. The van der Waals surface area contributed by atoms with Crippen LogP contribution in [-0.4, -0.2) is 52.1 Å². The van der Waals surface area contributed by atoms with Crippen LogP contribution in [-0.2, 0) is 19.1 Å². The molecule has 0 aromatic rings. The van der Waals surface area contributed by atoms with E-state index in [1.807, 2.05) is 0 Å². The highest BCUT2D eigenvalue weighted by molar-refractivity contribution is 8.00. The average molecular weight is 297 g/mol. The maximum Gasteiger partial charge on any atom is 0.356 e. The normalized spacial score (nSPS) is 24.4. The molecule has 2 aliphatic heterocycles. The molecular formula is C11H11N3O5S. The second-order valence-corrected chi connectivity index (χ2v) is 5.18. The summed E-state index contributed by atoms with van der Waals surface area (Å²) in [6.07, 6.45) is -0.341. The number of thioether (sulfide) groups is 1. The third kappa shape index (κ3) is 2.18. The SMILES string of the molecule is COC1=C(C(=O)O)N2C(=O)C(NC(=O)CC#N)[C@H]2SC1. The smallest absolute Gasteiger partial charge is 0.356 e. The van der Waals surface area contributed by atoms with E-state index in [-0.39, 0.29) is 17.9 Å². The highest BCUT2D eigenvalue weighted by Gasteiger charge is 2.54. The zero-order chi connectivity index (χ0) is 14.9. The molecule has 8 nitrogen and oxygen atoms in total. The Labute approximate surface area is 118 Å². The lowest BCUT2D eigenvalue weighted by Gasteiger charge is -2.48. The van der Waals surface area contributed by atoms with Gasteiger partial charge in [-0.3, -0.25) is 14.5 Å². The first-order valence-electron chi connectivity index (χ1n) is 5.62. The van der Waals surface area contributed by atoms with Crippen molar-refractivity contribution in [3.63, 3.8) is 0 Å². The van der Waals surface area contributed by atoms with Crippen LogP contribution in [0.4, 0.5) is 0 Å². The monoisotopic (exact) mass is 297 g/mol. The zero-order valence-corrected chi connectivity index (χ0v) is 11.3. The van der Waals surface area contributed by atoms with Crippen LogP contribution < -0.4 is 5.32 Å². The Morgan fingerprint density at radius 2 is 2.35 bits per heavy atom. The molecule has 0 aliphatic carbocycles. The van der Waals surface area contributed by atoms with Gasteiger partial charge in [-0.15, -0.1) is 11.8 Å². The number of aliphatic carboxylic acids is 1. The van der Waals surface area contributed by atoms with Gasteiger partial charge in [0.25, 0.3) is 5.91 Å². The van der Waals surface area contributed by atoms with Crippen LogP contribution in [0.1, 0.15) is 6.42 Å². The van der Waals surface area contributed by atoms with Crippen LogP contribution in [0.2, 0.25) is 0 Å². The summed E-state index contributed by atoms with van der Waals surface area (Å²) in [6.45, 7) is 0. The van der Waals surface area contributed by atoms with Gasteiger partial charge in [0, 0.05) is 0 Å². The van der Waals surface area contributed by atoms with E-state index < -0.39 is 29.2 Å². The van der Waals surface area contributed by atoms with Gasteiger partial charge in [-0.25, -0.2) is 4.79 Å². The molecule has 106 valence electrons. The van der Waals surface area contributed by atoms with Crippen molar-refractivity contribution in [2.75, 3.05) is 12.9 Å². The minimum atomic E-state index is -1.25. The first-order chi connectivity index (χ1) is 9.51. The molecule has 1 saturated heterocycles. The number of amides is 2. The number of carboxylic acids is 1. The largest absolute Gasteiger partial charge is 0.498 e. The molecule has 2 N–H and O–H groups in total. The van der Waals surface area contributed by atoms with Crippen molar-refractivity contribution in [3.05, 3.63) is 11.5 Å². The van der Waals surface area contributed by atoms with E-state index in [0.717, 1.165) is 4.90 Å². The van der Waals surface area contributed by atoms with E-state index in [1.54, 1.807) is 6.07 Å². The maximum atomic E-state index is 12.0. The van der Waals surface area contributed by atoms with Gasteiger partial charge in [-0.2, -0.15) is 5.26 Å². The minimum Gasteiger partial charge on any atom is -0.498 e. The Hall–Kier alpha value is -2.21. The Bertz CT molecular complexity index is 553. The topological polar surface area (TPSA) is 120 Å². The molecule has 2 rings (SSSR count). The molecule has 0 saturated carbocycles. The number of fused-ring (bicyclic) bond motifs is 1. The van der Waals surface area contributed by atoms with Crippen LogP contribution in [0.5, 0.6) is 0 Å². The minimum absolute atomic E-state index is 0.188. The summed E-state index contributed by atoms with van der Waals surface area (Å²) in [5.41, 5.74) is -0.188. The van der Waals surface area contributed by atoms with Gasteiger partial charge in [0.15, 0.2) is 5.70 Å². The van der Waals surface area contributed by atoms with E-state index in [0.29, 0.717) is 5.75 Å². The maximum absolute atomic E-state index is 12.0. The molecular weight excluding hydrogens is 286 g/mol. The Kier molecular flexibility index (Phi) is 3.85. The molecule has 2 aliphatic rings. The summed E-state index contributed by atoms with van der Waals surface area (Å²) in [7, 11) is 1.34. The lowest BCUT2D eigenvalue weighted by molar-refractivity contribution is -0.151. The molecule has 9 heteroatoms. The van der Waals surface area contributed by atoms with Gasteiger partial charge in [-0.05, 0) is 0 Å². The predicted molar refractivity (Wildman–Crippen MR) is 66.9 cm³/mol. The number of hydrogen-bond donors (Lipinski definition) is 2. The summed E-state index contributed by atoms with van der Waals surface area (Å²) >= 11 is 1.30. The standard InChI is InChI=1S/C11H11N3O5S/c1-19-5-4-20-10-7(13-6(15)2-3-12)9(16)14(10)8(5)11(17)18/h7,10H,2,4H2,1H3,(H,13,15)(H,17,18)/t7?,10-/m1/s1. The lowest BCUT2D eigenvalue weighted by Crippen LogP contribution is -2.70. The molecule has 20 heavy (non-hydrogen) atoms. The van der Waals surface area contributed by atoms with Gasteiger partial charge in [0.2, 0.25) is 5.91 Å². The highest BCUT2D eigenvalue weighted by Crippen LogP contribution is 2.40. The number of rotatable bonds is 4. The van der Waals surface area contributed by atoms with Crippen molar-refractivity contribution in [3.8, 4) is 6.07 Å². The molecule has 2 atom stereocenters. The quantitative estimate of drug-likeness (QED) is 0.654. The molecule has 0 aromatic heterocycles. The van der Waals surface area contributed by atoms with Gasteiger partial charge in [0.1, 0.15) is 23.6 Å².